The number of hydrogen-bond donors (Lipinski definition) is 6. The van der Waals surface area contributed by atoms with Crippen molar-refractivity contribution in [3.05, 3.63) is 38.0 Å². The molecule has 0 amide bonds. The van der Waals surface area contributed by atoms with Crippen LogP contribution in [0.4, 0.5) is 4.39 Å². The van der Waals surface area contributed by atoms with E-state index in [-0.39, 0.29) is 0 Å². The predicted molar refractivity (Wildman–Crippen MR) is 103 cm³/mol. The van der Waals surface area contributed by atoms with Gasteiger partial charge in [-0.15, -0.1) is 6.42 Å². The number of nitrogens with zero attached hydrogens (tertiary/aromatic N) is 2. The number of hydrogen-bond acceptors (Lipinski definition) is 12. The molecule has 0 aromatic carbocycles. The number of nitroso groups, excluding NO2 is 1. The zero-order valence-corrected chi connectivity index (χ0v) is 18.9. The molecule has 0 radical (unpaired) electrons. The van der Waals surface area contributed by atoms with E-state index in [1.165, 1.54) is 0 Å². The number of terminal acetylenes is 1. The molecule has 0 aliphatic carbocycles. The summed E-state index contributed by atoms with van der Waals surface area (Å²) in [7, 11) is -17.5. The summed E-state index contributed by atoms with van der Waals surface area (Å²) in [6.45, 7) is -3.40. The molecule has 1 aromatic heterocycles. The van der Waals surface area contributed by atoms with Crippen LogP contribution in [0.15, 0.2) is 27.0 Å². The Labute approximate surface area is 186 Å². The summed E-state index contributed by atoms with van der Waals surface area (Å²) in [5.41, 5.74) is -7.86. The van der Waals surface area contributed by atoms with E-state index < -0.39 is 71.5 Å². The highest BCUT2D eigenvalue weighted by molar-refractivity contribution is 7.66. The minimum Gasteiger partial charge on any atom is -0.371 e. The Morgan fingerprint density at radius 3 is 2.32 bits per heavy atom. The summed E-state index contributed by atoms with van der Waals surface area (Å²) < 4.78 is 65.0. The highest BCUT2D eigenvalue weighted by Crippen LogP contribution is 2.66. The Morgan fingerprint density at radius 2 is 1.85 bits per heavy atom. The first-order valence-electron chi connectivity index (χ1n) is 8.30. The molecule has 1 saturated heterocycles. The standard InChI is InChI=1S/C12H15FN3O15P3/c1-2-12(19)8(15-20)11(5-13,29-9(12)16-4-3-7(17)14-10(16)18)6-28-33(24,25)31-34(26,27)30-32(21,22)23/h1,3-4,8-9,19H,5-6H2,(H,24,25)(H,26,27)(H,14,17,18)(H2,21,22,23)/t8-,9-,11-,12-/m1/s1. The van der Waals surface area contributed by atoms with E-state index in [4.69, 9.17) is 25.8 Å². The Balaban J connectivity index is 2.41. The monoisotopic (exact) mass is 553 g/mol. The zero-order valence-electron chi connectivity index (χ0n) is 16.2. The molecular formula is C12H15FN3O15P3. The van der Waals surface area contributed by atoms with E-state index in [0.717, 1.165) is 12.3 Å². The maximum atomic E-state index is 14.1. The van der Waals surface area contributed by atoms with Crippen LogP contribution in [0.3, 0.4) is 0 Å². The molecule has 2 heterocycles. The van der Waals surface area contributed by atoms with E-state index in [2.05, 4.69) is 18.3 Å². The predicted octanol–water partition coefficient (Wildman–Crippen LogP) is -1.38. The van der Waals surface area contributed by atoms with Crippen LogP contribution in [0.2, 0.25) is 0 Å². The summed E-state index contributed by atoms with van der Waals surface area (Å²) in [6.07, 6.45) is 3.86. The van der Waals surface area contributed by atoms with Crippen molar-refractivity contribution in [2.24, 2.45) is 5.18 Å². The first-order valence-corrected chi connectivity index (χ1v) is 12.8. The van der Waals surface area contributed by atoms with Crippen molar-refractivity contribution in [3.63, 3.8) is 0 Å². The van der Waals surface area contributed by atoms with Crippen molar-refractivity contribution in [2.75, 3.05) is 13.3 Å². The first kappa shape index (κ1) is 28.3. The molecule has 1 fully saturated rings. The fourth-order valence-corrected chi connectivity index (χ4v) is 5.95. The lowest BCUT2D eigenvalue weighted by atomic mass is 9.85. The molecular weight excluding hydrogens is 538 g/mol. The molecule has 6 atom stereocenters. The maximum absolute atomic E-state index is 14.1. The molecule has 190 valence electrons. The molecule has 34 heavy (non-hydrogen) atoms. The smallest absolute Gasteiger partial charge is 0.371 e. The number of phosphoric ester groups is 1. The molecule has 6 N–H and O–H groups in total. The van der Waals surface area contributed by atoms with Gasteiger partial charge in [0.25, 0.3) is 5.56 Å². The van der Waals surface area contributed by atoms with Crippen LogP contribution in [-0.2, 0) is 31.6 Å². The largest absolute Gasteiger partial charge is 0.490 e. The third-order valence-electron chi connectivity index (χ3n) is 4.19. The number of aliphatic hydroxyl groups is 1. The third-order valence-corrected chi connectivity index (χ3v) is 7.98. The number of rotatable bonds is 10. The summed E-state index contributed by atoms with van der Waals surface area (Å²) in [5, 5.41) is 13.3. The average molecular weight is 553 g/mol. The van der Waals surface area contributed by atoms with Crippen LogP contribution in [0.1, 0.15) is 6.23 Å². The first-order chi connectivity index (χ1) is 15.4. The maximum Gasteiger partial charge on any atom is 0.490 e. The van der Waals surface area contributed by atoms with E-state index in [1.54, 1.807) is 10.9 Å². The highest BCUT2D eigenvalue weighted by atomic mass is 31.3. The van der Waals surface area contributed by atoms with Crippen molar-refractivity contribution in [1.29, 1.82) is 0 Å². The Bertz CT molecular complexity index is 1250. The van der Waals surface area contributed by atoms with Gasteiger partial charge in [0.15, 0.2) is 23.5 Å². The second-order valence-corrected chi connectivity index (χ2v) is 10.9. The second-order valence-electron chi connectivity index (χ2n) is 6.53. The highest BCUT2D eigenvalue weighted by Gasteiger charge is 2.66. The van der Waals surface area contributed by atoms with Crippen molar-refractivity contribution in [2.45, 2.75) is 23.5 Å². The summed E-state index contributed by atoms with van der Waals surface area (Å²) >= 11 is 0. The van der Waals surface area contributed by atoms with E-state index in [1.807, 2.05) is 0 Å². The lowest BCUT2D eigenvalue weighted by Crippen LogP contribution is -2.53. The van der Waals surface area contributed by atoms with Gasteiger partial charge in [-0.3, -0.25) is 18.9 Å². The number of nitrogens with one attached hydrogen (secondary N) is 1. The fourth-order valence-electron chi connectivity index (χ4n) is 2.87. The number of H-pyrrole nitrogens is 1. The minimum absolute atomic E-state index is 0.446. The number of ether oxygens (including phenoxy) is 1. The molecule has 0 spiro atoms. The van der Waals surface area contributed by atoms with Gasteiger partial charge in [-0.05, 0) is 0 Å². The number of halogens is 1. The van der Waals surface area contributed by atoms with Crippen LogP contribution in [0, 0.1) is 17.3 Å². The molecule has 1 aliphatic rings. The lowest BCUT2D eigenvalue weighted by Gasteiger charge is -2.29. The van der Waals surface area contributed by atoms with Crippen molar-refractivity contribution >= 4 is 23.5 Å². The summed E-state index contributed by atoms with van der Waals surface area (Å²) in [4.78, 5) is 72.4. The molecule has 0 saturated carbocycles. The lowest BCUT2D eigenvalue weighted by molar-refractivity contribution is -0.126. The van der Waals surface area contributed by atoms with Crippen molar-refractivity contribution < 1.29 is 60.6 Å². The summed E-state index contributed by atoms with van der Waals surface area (Å²) in [5.74, 6) is 1.69. The second kappa shape index (κ2) is 9.63. The fraction of sp³-hybridized carbons (Fsp3) is 0.500. The molecule has 1 aromatic rings. The molecule has 18 nitrogen and oxygen atoms in total. The van der Waals surface area contributed by atoms with Gasteiger partial charge in [-0.25, -0.2) is 22.9 Å². The van der Waals surface area contributed by atoms with Crippen LogP contribution in [0.25, 0.3) is 0 Å². The minimum atomic E-state index is -5.93. The number of aromatic amines is 1. The van der Waals surface area contributed by atoms with Gasteiger partial charge in [0.1, 0.15) is 6.67 Å². The number of aromatic nitrogens is 2. The molecule has 2 unspecified atom stereocenters. The van der Waals surface area contributed by atoms with Gasteiger partial charge in [0, 0.05) is 12.3 Å². The van der Waals surface area contributed by atoms with Crippen molar-refractivity contribution in [1.82, 2.24) is 9.55 Å². The average Bonchev–Trinajstić information content (AvgIpc) is 2.93. The van der Waals surface area contributed by atoms with Gasteiger partial charge >= 0.3 is 29.2 Å². The quantitative estimate of drug-likeness (QED) is 0.111. The SMILES string of the molecule is C#C[C@@]1(O)[C@H](N=O)[C@@](CF)(COP(=O)(O)OP(=O)(O)OP(=O)(O)O)O[C@H]1n1ccc(=O)[nH]c1=O. The van der Waals surface area contributed by atoms with Gasteiger partial charge in [-0.2, -0.15) is 13.5 Å². The summed E-state index contributed by atoms with van der Waals surface area (Å²) in [6, 6.07) is -1.59. The van der Waals surface area contributed by atoms with Crippen molar-refractivity contribution in [3.8, 4) is 12.3 Å². The normalized spacial score (nSPS) is 30.7. The number of phosphoric acid groups is 3. The van der Waals surface area contributed by atoms with Crippen LogP contribution < -0.4 is 11.2 Å². The van der Waals surface area contributed by atoms with Gasteiger partial charge in [0.05, 0.1) is 6.61 Å². The molecule has 1 aliphatic heterocycles. The Morgan fingerprint density at radius 1 is 1.24 bits per heavy atom. The topological polar surface area (TPSA) is 274 Å². The molecule has 0 bridgehead atoms. The van der Waals surface area contributed by atoms with Gasteiger partial charge < -0.3 is 29.4 Å². The van der Waals surface area contributed by atoms with E-state index in [0.29, 0.717) is 4.57 Å². The molecule has 22 heteroatoms. The van der Waals surface area contributed by atoms with Crippen LogP contribution in [0.5, 0.6) is 0 Å². The van der Waals surface area contributed by atoms with Gasteiger partial charge in [0.2, 0.25) is 0 Å². The van der Waals surface area contributed by atoms with Gasteiger partial charge in [-0.1, -0.05) is 11.1 Å². The number of alkyl halides is 1. The Kier molecular flexibility index (Phi) is 8.02. The van der Waals surface area contributed by atoms with Crippen LogP contribution >= 0.6 is 23.5 Å². The Hall–Kier alpha value is -1.90. The third kappa shape index (κ3) is 6.01. The molecule has 2 rings (SSSR count). The van der Waals surface area contributed by atoms with E-state index in [9.17, 15) is 42.6 Å². The van der Waals surface area contributed by atoms with E-state index >= 15 is 0 Å². The van der Waals surface area contributed by atoms with Crippen LogP contribution in [-0.4, -0.2) is 64.8 Å². The zero-order chi connectivity index (χ0) is 26.2.